The van der Waals surface area contributed by atoms with Crippen LogP contribution in [0, 0.1) is 12.8 Å². The molecular formula is C24H32BN5O5. The normalized spacial score (nSPS) is 22.3. The van der Waals surface area contributed by atoms with E-state index in [-0.39, 0.29) is 25.2 Å². The third kappa shape index (κ3) is 5.60. The molecule has 2 radical (unpaired) electrons. The number of ether oxygens (including phenoxy) is 2. The molecule has 2 aliphatic rings. The predicted molar refractivity (Wildman–Crippen MR) is 128 cm³/mol. The second-order valence-corrected chi connectivity index (χ2v) is 9.82. The molecular weight excluding hydrogens is 449 g/mol. The summed E-state index contributed by atoms with van der Waals surface area (Å²) in [5, 5.41) is 16.5. The summed E-state index contributed by atoms with van der Waals surface area (Å²) >= 11 is 0. The number of nitrogens with zero attached hydrogens (tertiary/aromatic N) is 5. The van der Waals surface area contributed by atoms with Gasteiger partial charge in [0.15, 0.2) is 0 Å². The van der Waals surface area contributed by atoms with Gasteiger partial charge >= 0.3 is 12.1 Å². The van der Waals surface area contributed by atoms with Gasteiger partial charge in [-0.2, -0.15) is 0 Å². The van der Waals surface area contributed by atoms with E-state index < -0.39 is 11.3 Å². The van der Waals surface area contributed by atoms with E-state index >= 15 is 0 Å². The number of aryl methyl sites for hydroxylation is 2. The topological polar surface area (TPSA) is 120 Å². The fourth-order valence-corrected chi connectivity index (χ4v) is 4.65. The number of pyridine rings is 1. The van der Waals surface area contributed by atoms with Crippen molar-refractivity contribution in [1.29, 1.82) is 0 Å². The van der Waals surface area contributed by atoms with E-state index in [0.717, 1.165) is 19.3 Å². The summed E-state index contributed by atoms with van der Waals surface area (Å²) in [5.74, 6) is 0.136. The van der Waals surface area contributed by atoms with Gasteiger partial charge < -0.3 is 19.5 Å². The van der Waals surface area contributed by atoms with E-state index in [1.807, 2.05) is 6.92 Å². The zero-order chi connectivity index (χ0) is 25.2. The highest BCUT2D eigenvalue weighted by molar-refractivity contribution is 6.26. The predicted octanol–water partition coefficient (Wildman–Crippen LogP) is 3.29. The average Bonchev–Trinajstić information content (AvgIpc) is 3.16. The van der Waals surface area contributed by atoms with Gasteiger partial charge in [0.05, 0.1) is 25.3 Å². The van der Waals surface area contributed by atoms with Crippen molar-refractivity contribution in [3.8, 4) is 17.1 Å². The Balaban J connectivity index is 1.42. The molecule has 11 heteroatoms. The minimum Gasteiger partial charge on any atom is -0.489 e. The maximum absolute atomic E-state index is 12.4. The molecule has 35 heavy (non-hydrogen) atoms. The SMILES string of the molecule is [B]C1(C(=O)O)CCC[C@H](Oc2ccc(-c3nnn(C)c3COC(=O)N(C)CC3CCC3)nc2C)C1. The Bertz CT molecular complexity index is 1090. The Kier molecular flexibility index (Phi) is 7.32. The Hall–Kier alpha value is -3.11. The lowest BCUT2D eigenvalue weighted by molar-refractivity contribution is -0.142. The molecule has 0 bridgehead atoms. The van der Waals surface area contributed by atoms with Crippen LogP contribution in [0.5, 0.6) is 5.75 Å². The fraction of sp³-hybridized carbons (Fsp3) is 0.625. The van der Waals surface area contributed by atoms with Gasteiger partial charge in [0, 0.05) is 26.0 Å². The summed E-state index contributed by atoms with van der Waals surface area (Å²) < 4.78 is 13.2. The summed E-state index contributed by atoms with van der Waals surface area (Å²) in [6.45, 7) is 2.55. The second kappa shape index (κ2) is 10.3. The number of carbonyl (C=O) groups excluding carboxylic acids is 1. The quantitative estimate of drug-likeness (QED) is 0.571. The first-order chi connectivity index (χ1) is 16.7. The molecule has 2 aromatic rings. The Morgan fingerprint density at radius 2 is 2.06 bits per heavy atom. The van der Waals surface area contributed by atoms with E-state index in [4.69, 9.17) is 17.3 Å². The number of amides is 1. The first kappa shape index (κ1) is 25.0. The number of rotatable bonds is 8. The van der Waals surface area contributed by atoms with Gasteiger partial charge in [-0.05, 0) is 63.5 Å². The molecule has 0 saturated heterocycles. The molecule has 2 atom stereocenters. The lowest BCUT2D eigenvalue weighted by Gasteiger charge is -2.35. The summed E-state index contributed by atoms with van der Waals surface area (Å²) in [6.07, 6.45) is 4.99. The maximum atomic E-state index is 12.4. The zero-order valence-electron chi connectivity index (χ0n) is 20.6. The lowest BCUT2D eigenvalue weighted by Crippen LogP contribution is -2.35. The monoisotopic (exact) mass is 481 g/mol. The summed E-state index contributed by atoms with van der Waals surface area (Å²) in [6, 6.07) is 3.57. The molecule has 1 unspecified atom stereocenters. The van der Waals surface area contributed by atoms with Gasteiger partial charge in [-0.1, -0.05) is 11.6 Å². The van der Waals surface area contributed by atoms with Crippen molar-refractivity contribution >= 4 is 19.9 Å². The highest BCUT2D eigenvalue weighted by Crippen LogP contribution is 2.41. The molecule has 1 N–H and O–H groups in total. The minimum absolute atomic E-state index is 0.0293. The van der Waals surface area contributed by atoms with Crippen LogP contribution in [0.1, 0.15) is 56.3 Å². The van der Waals surface area contributed by atoms with Crippen LogP contribution in [-0.4, -0.2) is 69.6 Å². The molecule has 2 saturated carbocycles. The molecule has 2 fully saturated rings. The third-order valence-electron chi connectivity index (χ3n) is 7.08. The number of carbonyl (C=O) groups is 2. The van der Waals surface area contributed by atoms with Crippen LogP contribution in [0.15, 0.2) is 12.1 Å². The Labute approximate surface area is 206 Å². The number of aromatic nitrogens is 4. The van der Waals surface area contributed by atoms with Crippen LogP contribution in [0.3, 0.4) is 0 Å². The number of carboxylic acid groups (broad SMARTS) is 1. The smallest absolute Gasteiger partial charge is 0.409 e. The van der Waals surface area contributed by atoms with E-state index in [0.29, 0.717) is 53.8 Å². The van der Waals surface area contributed by atoms with Crippen LogP contribution in [0.25, 0.3) is 11.4 Å². The van der Waals surface area contributed by atoms with E-state index in [2.05, 4.69) is 15.3 Å². The van der Waals surface area contributed by atoms with E-state index in [9.17, 15) is 14.7 Å². The highest BCUT2D eigenvalue weighted by atomic mass is 16.6. The van der Waals surface area contributed by atoms with Crippen molar-refractivity contribution in [2.24, 2.45) is 13.0 Å². The molecule has 186 valence electrons. The lowest BCUT2D eigenvalue weighted by atomic mass is 9.59. The van der Waals surface area contributed by atoms with Gasteiger partial charge in [0.1, 0.15) is 23.7 Å². The van der Waals surface area contributed by atoms with Crippen molar-refractivity contribution in [3.63, 3.8) is 0 Å². The number of hydrogen-bond donors (Lipinski definition) is 1. The van der Waals surface area contributed by atoms with Gasteiger partial charge in [-0.3, -0.25) is 4.79 Å². The van der Waals surface area contributed by atoms with Gasteiger partial charge in [-0.15, -0.1) is 5.10 Å². The molecule has 1 amide bonds. The van der Waals surface area contributed by atoms with Crippen molar-refractivity contribution in [2.45, 2.75) is 69.9 Å². The molecule has 2 heterocycles. The largest absolute Gasteiger partial charge is 0.489 e. The third-order valence-corrected chi connectivity index (χ3v) is 7.08. The fourth-order valence-electron chi connectivity index (χ4n) is 4.65. The standard InChI is InChI=1S/C24H32BN5O5/c1-15-20(35-17-8-5-11-24(25,12-17)22(31)32)10-9-18(26-15)21-19(30(3)28-27-21)14-34-23(33)29(2)13-16-6-4-7-16/h9-10,16-17H,4-8,11-14H2,1-3H3,(H,31,32)/t17-,24?/m0/s1. The van der Waals surface area contributed by atoms with Crippen LogP contribution in [0.4, 0.5) is 4.79 Å². The highest BCUT2D eigenvalue weighted by Gasteiger charge is 2.39. The van der Waals surface area contributed by atoms with Crippen LogP contribution in [-0.2, 0) is 23.2 Å². The van der Waals surface area contributed by atoms with E-state index in [1.165, 1.54) is 6.42 Å². The number of aliphatic carboxylic acids is 1. The van der Waals surface area contributed by atoms with Crippen LogP contribution >= 0.6 is 0 Å². The molecule has 0 aliphatic heterocycles. The molecule has 0 aromatic carbocycles. The van der Waals surface area contributed by atoms with Gasteiger partial charge in [0.2, 0.25) is 0 Å². The Morgan fingerprint density at radius 1 is 1.29 bits per heavy atom. The zero-order valence-corrected chi connectivity index (χ0v) is 20.6. The maximum Gasteiger partial charge on any atom is 0.409 e. The van der Waals surface area contributed by atoms with Crippen LogP contribution in [0.2, 0.25) is 5.31 Å². The Morgan fingerprint density at radius 3 is 2.71 bits per heavy atom. The van der Waals surface area contributed by atoms with Crippen molar-refractivity contribution in [2.75, 3.05) is 13.6 Å². The summed E-state index contributed by atoms with van der Waals surface area (Å²) in [4.78, 5) is 30.2. The van der Waals surface area contributed by atoms with Gasteiger partial charge in [0.25, 0.3) is 0 Å². The number of carboxylic acids is 1. The molecule has 10 nitrogen and oxygen atoms in total. The van der Waals surface area contributed by atoms with E-state index in [1.54, 1.807) is 35.8 Å². The molecule has 0 spiro atoms. The minimum atomic E-state index is -1.26. The van der Waals surface area contributed by atoms with Crippen LogP contribution < -0.4 is 4.74 Å². The molecule has 4 rings (SSSR count). The first-order valence-corrected chi connectivity index (χ1v) is 12.1. The second-order valence-electron chi connectivity index (χ2n) is 9.82. The molecule has 2 aliphatic carbocycles. The average molecular weight is 481 g/mol. The molecule has 2 aromatic heterocycles. The van der Waals surface area contributed by atoms with Crippen molar-refractivity contribution < 1.29 is 24.2 Å². The summed E-state index contributed by atoms with van der Waals surface area (Å²) in [5.41, 5.74) is 2.39. The summed E-state index contributed by atoms with van der Waals surface area (Å²) in [7, 11) is 9.55. The van der Waals surface area contributed by atoms with Gasteiger partial charge in [-0.25, -0.2) is 14.5 Å². The first-order valence-electron chi connectivity index (χ1n) is 12.1. The van der Waals surface area contributed by atoms with Crippen molar-refractivity contribution in [3.05, 3.63) is 23.5 Å². The number of hydrogen-bond acceptors (Lipinski definition) is 7. The van der Waals surface area contributed by atoms with Crippen molar-refractivity contribution in [1.82, 2.24) is 24.9 Å².